The Balaban J connectivity index is 1.55. The van der Waals surface area contributed by atoms with Crippen LogP contribution in [0.5, 0.6) is 0 Å². The van der Waals surface area contributed by atoms with E-state index in [4.69, 9.17) is 0 Å². The van der Waals surface area contributed by atoms with Gasteiger partial charge >= 0.3 is 0 Å². The number of nitrogens with one attached hydrogen (secondary N) is 1. The lowest BCUT2D eigenvalue weighted by Gasteiger charge is -2.17. The number of carbonyl (C=O) groups excluding carboxylic acids is 2. The van der Waals surface area contributed by atoms with Gasteiger partial charge in [0.25, 0.3) is 0 Å². The molecular formula is C20H21FN2O2S. The number of hydrogen-bond donors (Lipinski definition) is 1. The summed E-state index contributed by atoms with van der Waals surface area (Å²) in [4.78, 5) is 27.5. The van der Waals surface area contributed by atoms with Crippen LogP contribution in [0.15, 0.2) is 53.4 Å². The average Bonchev–Trinajstić information content (AvgIpc) is 3.04. The van der Waals surface area contributed by atoms with E-state index in [0.717, 1.165) is 16.1 Å². The summed E-state index contributed by atoms with van der Waals surface area (Å²) in [6, 6.07) is 14.1. The number of carbonyl (C=O) groups is 2. The first-order valence-corrected chi connectivity index (χ1v) is 9.76. The molecule has 6 heteroatoms. The number of thioether (sulfide) groups is 1. The molecule has 1 aliphatic rings. The van der Waals surface area contributed by atoms with Crippen LogP contribution in [0.3, 0.4) is 0 Å². The minimum Gasteiger partial charge on any atom is -0.355 e. The molecule has 1 heterocycles. The average molecular weight is 372 g/mol. The fraction of sp³-hybridized carbons (Fsp3) is 0.300. The SMILES string of the molecule is CSc1cccc(N2CC(C(=O)NCCc3cccc(F)c3)CC2=O)c1. The van der Waals surface area contributed by atoms with Gasteiger partial charge in [0.1, 0.15) is 5.82 Å². The molecule has 0 aliphatic carbocycles. The maximum atomic E-state index is 13.2. The van der Waals surface area contributed by atoms with Crippen LogP contribution >= 0.6 is 11.8 Å². The number of nitrogens with zero attached hydrogens (tertiary/aromatic N) is 1. The standard InChI is InChI=1S/C20H21FN2O2S/c1-26-18-7-3-6-17(12-18)23-13-15(11-19(23)24)20(25)22-9-8-14-4-2-5-16(21)10-14/h2-7,10,12,15H,8-9,11,13H2,1H3,(H,22,25). The molecule has 136 valence electrons. The fourth-order valence-electron chi connectivity index (χ4n) is 3.08. The minimum atomic E-state index is -0.354. The number of benzene rings is 2. The highest BCUT2D eigenvalue weighted by Gasteiger charge is 2.34. The molecule has 2 aromatic rings. The Morgan fingerprint density at radius 3 is 2.85 bits per heavy atom. The smallest absolute Gasteiger partial charge is 0.227 e. The monoisotopic (exact) mass is 372 g/mol. The highest BCUT2D eigenvalue weighted by molar-refractivity contribution is 7.98. The van der Waals surface area contributed by atoms with Crippen molar-refractivity contribution in [1.82, 2.24) is 5.32 Å². The lowest BCUT2D eigenvalue weighted by molar-refractivity contribution is -0.126. The van der Waals surface area contributed by atoms with Crippen molar-refractivity contribution in [2.45, 2.75) is 17.7 Å². The molecule has 1 saturated heterocycles. The van der Waals surface area contributed by atoms with Crippen molar-refractivity contribution in [3.63, 3.8) is 0 Å². The molecule has 0 bridgehead atoms. The van der Waals surface area contributed by atoms with Gasteiger partial charge in [-0.2, -0.15) is 0 Å². The molecule has 1 N–H and O–H groups in total. The zero-order valence-electron chi connectivity index (χ0n) is 14.6. The summed E-state index contributed by atoms with van der Waals surface area (Å²) in [6.45, 7) is 0.817. The molecule has 0 radical (unpaired) electrons. The summed E-state index contributed by atoms with van der Waals surface area (Å²) in [5.74, 6) is -0.793. The second-order valence-corrected chi connectivity index (χ2v) is 7.16. The quantitative estimate of drug-likeness (QED) is 0.792. The van der Waals surface area contributed by atoms with Crippen molar-refractivity contribution in [2.75, 3.05) is 24.2 Å². The lowest BCUT2D eigenvalue weighted by Crippen LogP contribution is -2.34. The summed E-state index contributed by atoms with van der Waals surface area (Å²) in [7, 11) is 0. The maximum absolute atomic E-state index is 13.2. The molecule has 1 fully saturated rings. The summed E-state index contributed by atoms with van der Waals surface area (Å²) in [6.07, 6.45) is 2.76. The fourth-order valence-corrected chi connectivity index (χ4v) is 3.53. The van der Waals surface area contributed by atoms with E-state index in [9.17, 15) is 14.0 Å². The van der Waals surface area contributed by atoms with Crippen LogP contribution < -0.4 is 10.2 Å². The molecule has 2 amide bonds. The summed E-state index contributed by atoms with van der Waals surface area (Å²) >= 11 is 1.62. The Labute approximate surface area is 156 Å². The minimum absolute atomic E-state index is 0.0338. The number of rotatable bonds is 6. The van der Waals surface area contributed by atoms with Gasteiger partial charge in [-0.05, 0) is 48.6 Å². The Morgan fingerprint density at radius 2 is 2.08 bits per heavy atom. The van der Waals surface area contributed by atoms with E-state index in [1.165, 1.54) is 12.1 Å². The third-order valence-electron chi connectivity index (χ3n) is 4.46. The molecular weight excluding hydrogens is 351 g/mol. The van der Waals surface area contributed by atoms with E-state index in [-0.39, 0.29) is 30.0 Å². The third kappa shape index (κ3) is 4.43. The van der Waals surface area contributed by atoms with E-state index in [1.54, 1.807) is 22.7 Å². The van der Waals surface area contributed by atoms with Gasteiger partial charge in [-0.25, -0.2) is 4.39 Å². The van der Waals surface area contributed by atoms with Crippen molar-refractivity contribution < 1.29 is 14.0 Å². The highest BCUT2D eigenvalue weighted by Crippen LogP contribution is 2.28. The van der Waals surface area contributed by atoms with Gasteiger partial charge in [0.2, 0.25) is 11.8 Å². The maximum Gasteiger partial charge on any atom is 0.227 e. The van der Waals surface area contributed by atoms with E-state index >= 15 is 0 Å². The van der Waals surface area contributed by atoms with Gasteiger partial charge in [0.05, 0.1) is 5.92 Å². The molecule has 1 unspecified atom stereocenters. The summed E-state index contributed by atoms with van der Waals surface area (Å²) in [5.41, 5.74) is 1.67. The molecule has 0 aromatic heterocycles. The van der Waals surface area contributed by atoms with Crippen molar-refractivity contribution in [1.29, 1.82) is 0 Å². The van der Waals surface area contributed by atoms with Gasteiger partial charge in [-0.3, -0.25) is 9.59 Å². The Hall–Kier alpha value is -2.34. The van der Waals surface area contributed by atoms with Gasteiger partial charge in [-0.1, -0.05) is 18.2 Å². The predicted molar refractivity (Wildman–Crippen MR) is 102 cm³/mol. The van der Waals surface area contributed by atoms with Gasteiger partial charge < -0.3 is 10.2 Å². The van der Waals surface area contributed by atoms with Gasteiger partial charge in [0.15, 0.2) is 0 Å². The highest BCUT2D eigenvalue weighted by atomic mass is 32.2. The first-order chi connectivity index (χ1) is 12.6. The molecule has 0 spiro atoms. The van der Waals surface area contributed by atoms with Gasteiger partial charge in [0, 0.05) is 30.1 Å². The molecule has 3 rings (SSSR count). The van der Waals surface area contributed by atoms with Crippen molar-refractivity contribution in [2.24, 2.45) is 5.92 Å². The zero-order valence-corrected chi connectivity index (χ0v) is 15.4. The first kappa shape index (κ1) is 18.5. The molecule has 2 aromatic carbocycles. The molecule has 1 atom stereocenters. The Kier molecular flexibility index (Phi) is 5.93. The van der Waals surface area contributed by atoms with E-state index < -0.39 is 0 Å². The van der Waals surface area contributed by atoms with E-state index in [1.807, 2.05) is 36.6 Å². The topological polar surface area (TPSA) is 49.4 Å². The molecule has 4 nitrogen and oxygen atoms in total. The zero-order chi connectivity index (χ0) is 18.5. The Morgan fingerprint density at radius 1 is 1.27 bits per heavy atom. The van der Waals surface area contributed by atoms with Crippen molar-refractivity contribution in [3.8, 4) is 0 Å². The van der Waals surface area contributed by atoms with Crippen molar-refractivity contribution >= 4 is 29.3 Å². The van der Waals surface area contributed by atoms with E-state index in [2.05, 4.69) is 5.32 Å². The number of halogens is 1. The molecule has 0 saturated carbocycles. The van der Waals surface area contributed by atoms with E-state index in [0.29, 0.717) is 19.5 Å². The number of hydrogen-bond acceptors (Lipinski definition) is 3. The summed E-state index contributed by atoms with van der Waals surface area (Å²) < 4.78 is 13.2. The van der Waals surface area contributed by atoms with Crippen LogP contribution in [0.25, 0.3) is 0 Å². The van der Waals surface area contributed by atoms with Crippen LogP contribution in [0.2, 0.25) is 0 Å². The second kappa shape index (κ2) is 8.36. The summed E-state index contributed by atoms with van der Waals surface area (Å²) in [5, 5.41) is 2.86. The number of anilines is 1. The van der Waals surface area contributed by atoms with Gasteiger partial charge in [-0.15, -0.1) is 11.8 Å². The van der Waals surface area contributed by atoms with Crippen LogP contribution in [-0.4, -0.2) is 31.2 Å². The van der Waals surface area contributed by atoms with Crippen molar-refractivity contribution in [3.05, 3.63) is 59.9 Å². The lowest BCUT2D eigenvalue weighted by atomic mass is 10.1. The first-order valence-electron chi connectivity index (χ1n) is 8.53. The third-order valence-corrected chi connectivity index (χ3v) is 5.19. The van der Waals surface area contributed by atoms with Crippen LogP contribution in [0, 0.1) is 11.7 Å². The largest absolute Gasteiger partial charge is 0.355 e. The number of amides is 2. The van der Waals surface area contributed by atoms with Crippen LogP contribution in [-0.2, 0) is 16.0 Å². The van der Waals surface area contributed by atoms with Crippen LogP contribution in [0.1, 0.15) is 12.0 Å². The normalized spacial score (nSPS) is 16.8. The second-order valence-electron chi connectivity index (χ2n) is 6.28. The molecule has 1 aliphatic heterocycles. The predicted octanol–water partition coefficient (Wildman–Crippen LogP) is 3.26. The Bertz CT molecular complexity index is 812. The van der Waals surface area contributed by atoms with Crippen LogP contribution in [0.4, 0.5) is 10.1 Å². The molecule has 26 heavy (non-hydrogen) atoms.